The molecule has 1 N–H and O–H groups in total. The van der Waals surface area contributed by atoms with Gasteiger partial charge in [-0.25, -0.2) is 0 Å². The Morgan fingerprint density at radius 3 is 2.74 bits per heavy atom. The van der Waals surface area contributed by atoms with E-state index in [9.17, 15) is 4.79 Å². The summed E-state index contributed by atoms with van der Waals surface area (Å²) in [6.45, 7) is 4.58. The van der Waals surface area contributed by atoms with Crippen molar-refractivity contribution in [2.45, 2.75) is 39.2 Å². The Bertz CT molecular complexity index is 438. The number of nitrogens with one attached hydrogen (secondary N) is 1. The molecule has 4 heteroatoms. The Hall–Kier alpha value is -1.42. The number of hydrogen-bond donors (Lipinski definition) is 1. The van der Waals surface area contributed by atoms with Crippen LogP contribution in [0.3, 0.4) is 0 Å². The predicted molar refractivity (Wildman–Crippen MR) is 73.7 cm³/mol. The smallest absolute Gasteiger partial charge is 0.229 e. The molecule has 0 radical (unpaired) electrons. The van der Waals surface area contributed by atoms with Gasteiger partial charge in [0.2, 0.25) is 5.91 Å². The maximum atomic E-state index is 12.3. The lowest BCUT2D eigenvalue weighted by Crippen LogP contribution is -2.37. The number of carbonyl (C=O) groups excluding carboxylic acids is 1. The first-order valence-electron chi connectivity index (χ1n) is 6.84. The molecule has 1 aromatic rings. The van der Waals surface area contributed by atoms with Gasteiger partial charge in [0, 0.05) is 13.3 Å². The van der Waals surface area contributed by atoms with Crippen LogP contribution in [0.1, 0.15) is 43.5 Å². The van der Waals surface area contributed by atoms with Gasteiger partial charge in [-0.15, -0.1) is 0 Å². The maximum absolute atomic E-state index is 12.3. The first kappa shape index (κ1) is 14.0. The molecule has 0 unspecified atom stereocenters. The minimum absolute atomic E-state index is 0.0116. The van der Waals surface area contributed by atoms with Crippen molar-refractivity contribution in [3.63, 3.8) is 0 Å². The van der Waals surface area contributed by atoms with E-state index in [0.717, 1.165) is 30.5 Å². The molecule has 0 spiro atoms. The Labute approximate surface area is 114 Å². The van der Waals surface area contributed by atoms with Gasteiger partial charge >= 0.3 is 0 Å². The SMILES string of the molecule is CC[C@H](NC(=O)C1(COC)CC1)c1ccc(C)cn1. The summed E-state index contributed by atoms with van der Waals surface area (Å²) in [5, 5.41) is 3.11. The Kier molecular flexibility index (Phi) is 4.20. The molecule has 4 nitrogen and oxygen atoms in total. The third kappa shape index (κ3) is 3.13. The van der Waals surface area contributed by atoms with Crippen LogP contribution in [-0.4, -0.2) is 24.6 Å². The van der Waals surface area contributed by atoms with Crippen LogP contribution < -0.4 is 5.32 Å². The quantitative estimate of drug-likeness (QED) is 0.856. The number of ether oxygens (including phenoxy) is 1. The van der Waals surface area contributed by atoms with Crippen molar-refractivity contribution in [1.82, 2.24) is 10.3 Å². The van der Waals surface area contributed by atoms with Gasteiger partial charge in [0.05, 0.1) is 23.8 Å². The van der Waals surface area contributed by atoms with E-state index < -0.39 is 0 Å². The number of carbonyl (C=O) groups is 1. The summed E-state index contributed by atoms with van der Waals surface area (Å²) in [5.74, 6) is 0.101. The molecule has 19 heavy (non-hydrogen) atoms. The van der Waals surface area contributed by atoms with Crippen LogP contribution in [-0.2, 0) is 9.53 Å². The fourth-order valence-corrected chi connectivity index (χ4v) is 2.25. The minimum atomic E-state index is -0.285. The highest BCUT2D eigenvalue weighted by Crippen LogP contribution is 2.46. The average Bonchev–Trinajstić information content (AvgIpc) is 3.18. The van der Waals surface area contributed by atoms with Gasteiger partial charge < -0.3 is 10.1 Å². The van der Waals surface area contributed by atoms with Crippen molar-refractivity contribution >= 4 is 5.91 Å². The van der Waals surface area contributed by atoms with E-state index in [1.165, 1.54) is 0 Å². The molecule has 1 fully saturated rings. The number of amides is 1. The van der Waals surface area contributed by atoms with Gasteiger partial charge in [-0.2, -0.15) is 0 Å². The Morgan fingerprint density at radius 2 is 2.26 bits per heavy atom. The van der Waals surface area contributed by atoms with Crippen molar-refractivity contribution < 1.29 is 9.53 Å². The molecule has 104 valence electrons. The molecule has 1 amide bonds. The van der Waals surface area contributed by atoms with E-state index in [2.05, 4.69) is 17.2 Å². The summed E-state index contributed by atoms with van der Waals surface area (Å²) >= 11 is 0. The van der Waals surface area contributed by atoms with Crippen LogP contribution in [0, 0.1) is 12.3 Å². The predicted octanol–water partition coefficient (Wildman–Crippen LogP) is 2.38. The van der Waals surface area contributed by atoms with Crippen molar-refractivity contribution in [2.24, 2.45) is 5.41 Å². The molecule has 1 atom stereocenters. The lowest BCUT2D eigenvalue weighted by molar-refractivity contribution is -0.129. The molecule has 0 aromatic carbocycles. The van der Waals surface area contributed by atoms with Crippen LogP contribution in [0.2, 0.25) is 0 Å². The summed E-state index contributed by atoms with van der Waals surface area (Å²) in [7, 11) is 1.65. The van der Waals surface area contributed by atoms with Gasteiger partial charge in [0.15, 0.2) is 0 Å². The standard InChI is InChI=1S/C15H22N2O2/c1-4-12(13-6-5-11(2)9-16-13)17-14(18)15(7-8-15)10-19-3/h5-6,9,12H,4,7-8,10H2,1-3H3,(H,17,18)/t12-/m0/s1. The number of aromatic nitrogens is 1. The first-order chi connectivity index (χ1) is 9.11. The topological polar surface area (TPSA) is 51.2 Å². The van der Waals surface area contributed by atoms with Crippen LogP contribution in [0.4, 0.5) is 0 Å². The second-order valence-electron chi connectivity index (χ2n) is 5.41. The molecule has 1 aliphatic carbocycles. The molecule has 1 aliphatic rings. The molecule has 1 saturated carbocycles. The highest BCUT2D eigenvalue weighted by Gasteiger charge is 2.50. The number of pyridine rings is 1. The highest BCUT2D eigenvalue weighted by atomic mass is 16.5. The van der Waals surface area contributed by atoms with E-state index in [0.29, 0.717) is 6.61 Å². The lowest BCUT2D eigenvalue weighted by atomic mass is 10.0. The number of hydrogen-bond acceptors (Lipinski definition) is 3. The fourth-order valence-electron chi connectivity index (χ4n) is 2.25. The molecular formula is C15H22N2O2. The molecule has 2 rings (SSSR count). The highest BCUT2D eigenvalue weighted by molar-refractivity contribution is 5.85. The zero-order valence-electron chi connectivity index (χ0n) is 11.9. The molecule has 1 heterocycles. The van der Waals surface area contributed by atoms with Gasteiger partial charge in [-0.3, -0.25) is 9.78 Å². The van der Waals surface area contributed by atoms with Gasteiger partial charge in [0.25, 0.3) is 0 Å². The molecule has 0 saturated heterocycles. The van der Waals surface area contributed by atoms with E-state index in [4.69, 9.17) is 4.74 Å². The summed E-state index contributed by atoms with van der Waals surface area (Å²) in [4.78, 5) is 16.7. The summed E-state index contributed by atoms with van der Waals surface area (Å²) in [5.41, 5.74) is 1.77. The monoisotopic (exact) mass is 262 g/mol. The van der Waals surface area contributed by atoms with Crippen molar-refractivity contribution in [2.75, 3.05) is 13.7 Å². The Morgan fingerprint density at radius 1 is 1.53 bits per heavy atom. The minimum Gasteiger partial charge on any atom is -0.384 e. The first-order valence-corrected chi connectivity index (χ1v) is 6.84. The van der Waals surface area contributed by atoms with Crippen molar-refractivity contribution in [3.05, 3.63) is 29.6 Å². The molecular weight excluding hydrogens is 240 g/mol. The Balaban J connectivity index is 2.03. The van der Waals surface area contributed by atoms with Crippen molar-refractivity contribution in [1.29, 1.82) is 0 Å². The van der Waals surface area contributed by atoms with Crippen LogP contribution in [0.5, 0.6) is 0 Å². The van der Waals surface area contributed by atoms with Crippen LogP contribution in [0.15, 0.2) is 18.3 Å². The number of aryl methyl sites for hydroxylation is 1. The average molecular weight is 262 g/mol. The van der Waals surface area contributed by atoms with Crippen LogP contribution in [0.25, 0.3) is 0 Å². The second kappa shape index (κ2) is 5.70. The van der Waals surface area contributed by atoms with Gasteiger partial charge in [-0.1, -0.05) is 13.0 Å². The zero-order valence-corrected chi connectivity index (χ0v) is 11.9. The molecule has 0 aliphatic heterocycles. The number of nitrogens with zero attached hydrogens (tertiary/aromatic N) is 1. The van der Waals surface area contributed by atoms with Gasteiger partial charge in [-0.05, 0) is 37.8 Å². The maximum Gasteiger partial charge on any atom is 0.229 e. The fraction of sp³-hybridized carbons (Fsp3) is 0.600. The van der Waals surface area contributed by atoms with Gasteiger partial charge in [0.1, 0.15) is 0 Å². The van der Waals surface area contributed by atoms with E-state index in [1.807, 2.05) is 25.3 Å². The number of rotatable bonds is 6. The summed E-state index contributed by atoms with van der Waals surface area (Å²) in [6.07, 6.45) is 4.52. The third-order valence-electron chi connectivity index (χ3n) is 3.76. The number of methoxy groups -OCH3 is 1. The second-order valence-corrected chi connectivity index (χ2v) is 5.41. The summed E-state index contributed by atoms with van der Waals surface area (Å²) in [6, 6.07) is 4.00. The normalized spacial score (nSPS) is 17.8. The van der Waals surface area contributed by atoms with E-state index in [-0.39, 0.29) is 17.4 Å². The van der Waals surface area contributed by atoms with E-state index in [1.54, 1.807) is 7.11 Å². The van der Waals surface area contributed by atoms with Crippen molar-refractivity contribution in [3.8, 4) is 0 Å². The third-order valence-corrected chi connectivity index (χ3v) is 3.76. The summed E-state index contributed by atoms with van der Waals surface area (Å²) < 4.78 is 5.15. The lowest BCUT2D eigenvalue weighted by Gasteiger charge is -2.21. The zero-order chi connectivity index (χ0) is 13.9. The van der Waals surface area contributed by atoms with E-state index >= 15 is 0 Å². The largest absolute Gasteiger partial charge is 0.384 e. The van der Waals surface area contributed by atoms with Crippen LogP contribution >= 0.6 is 0 Å². The molecule has 0 bridgehead atoms. The molecule has 1 aromatic heterocycles.